The van der Waals surface area contributed by atoms with Crippen LogP contribution < -0.4 is 40.0 Å². The van der Waals surface area contributed by atoms with E-state index < -0.39 is 17.9 Å². The quantitative estimate of drug-likeness (QED) is 0.420. The van der Waals surface area contributed by atoms with Gasteiger partial charge in [0.25, 0.3) is 5.91 Å². The molecular formula is C25H24Cl2N3NaO4. The number of carboxylic acids is 1. The van der Waals surface area contributed by atoms with Crippen LogP contribution in [0, 0.1) is 13.8 Å². The number of aliphatic carboxylic acids is 1. The van der Waals surface area contributed by atoms with Crippen molar-refractivity contribution >= 4 is 41.2 Å². The molecule has 1 heterocycles. The van der Waals surface area contributed by atoms with Gasteiger partial charge in [0.1, 0.15) is 0 Å². The molecule has 0 aliphatic carbocycles. The summed E-state index contributed by atoms with van der Waals surface area (Å²) in [5.41, 5.74) is 4.76. The van der Waals surface area contributed by atoms with Gasteiger partial charge in [0.05, 0.1) is 45.6 Å². The van der Waals surface area contributed by atoms with Gasteiger partial charge in [-0.1, -0.05) is 53.6 Å². The molecule has 1 N–H and O–H groups in total. The van der Waals surface area contributed by atoms with E-state index in [1.165, 1.54) is 12.1 Å². The number of rotatable bonds is 9. The summed E-state index contributed by atoms with van der Waals surface area (Å²) in [5.74, 6) is -2.09. The monoisotopic (exact) mass is 523 g/mol. The number of aryl methyl sites for hydroxylation is 1. The number of aromatic nitrogens is 2. The molecule has 0 radical (unpaired) electrons. The van der Waals surface area contributed by atoms with Crippen molar-refractivity contribution in [1.29, 1.82) is 0 Å². The van der Waals surface area contributed by atoms with Crippen LogP contribution in [0.4, 0.5) is 0 Å². The van der Waals surface area contributed by atoms with Crippen molar-refractivity contribution in [2.75, 3.05) is 7.11 Å². The maximum Gasteiger partial charge on any atom is 1.00 e. The zero-order valence-electron chi connectivity index (χ0n) is 20.0. The number of amides is 1. The standard InChI is InChI=1S/C25H25Cl2N3O4.Na/c1-15-19(14-34-3)16(2)30(29-15)18-12-10-17(11-13-18)6-4-9-22(25(32)33)28-24(31)23-20(26)7-5-8-21(23)27;/h4-8,10-13,22H,9,14H2,1-3H3,(H,28,31)(H,32,33);/q;+1/p-1/b6-4+;. The van der Waals surface area contributed by atoms with Gasteiger partial charge in [-0.25, -0.2) is 4.68 Å². The molecule has 1 atom stereocenters. The van der Waals surface area contributed by atoms with Gasteiger partial charge in [-0.2, -0.15) is 5.10 Å². The molecule has 3 rings (SSSR count). The van der Waals surface area contributed by atoms with Crippen molar-refractivity contribution in [3.05, 3.63) is 86.7 Å². The van der Waals surface area contributed by atoms with E-state index in [9.17, 15) is 14.7 Å². The Morgan fingerprint density at radius 1 is 1.14 bits per heavy atom. The van der Waals surface area contributed by atoms with E-state index in [2.05, 4.69) is 10.4 Å². The first-order valence-electron chi connectivity index (χ1n) is 10.5. The van der Waals surface area contributed by atoms with Crippen LogP contribution in [-0.2, 0) is 16.1 Å². The number of methoxy groups -OCH3 is 1. The van der Waals surface area contributed by atoms with Gasteiger partial charge in [0.15, 0.2) is 0 Å². The third kappa shape index (κ3) is 7.19. The fraction of sp³-hybridized carbons (Fsp3) is 0.240. The Morgan fingerprint density at radius 2 is 1.77 bits per heavy atom. The predicted octanol–water partition coefficient (Wildman–Crippen LogP) is 0.898. The molecule has 1 unspecified atom stereocenters. The van der Waals surface area contributed by atoms with Crippen LogP contribution in [-0.4, -0.2) is 34.8 Å². The number of carboxylic acid groups (broad SMARTS) is 1. The minimum Gasteiger partial charge on any atom is -0.548 e. The van der Waals surface area contributed by atoms with Gasteiger partial charge in [0, 0.05) is 18.4 Å². The first-order chi connectivity index (χ1) is 16.2. The average molecular weight is 524 g/mol. The summed E-state index contributed by atoms with van der Waals surface area (Å²) in [4.78, 5) is 24.0. The molecule has 1 amide bonds. The van der Waals surface area contributed by atoms with Crippen LogP contribution in [0.1, 0.15) is 39.3 Å². The molecule has 10 heteroatoms. The van der Waals surface area contributed by atoms with Gasteiger partial charge in [-0.3, -0.25) is 4.79 Å². The van der Waals surface area contributed by atoms with E-state index in [-0.39, 0.29) is 51.6 Å². The van der Waals surface area contributed by atoms with Crippen molar-refractivity contribution in [3.63, 3.8) is 0 Å². The molecule has 0 aliphatic rings. The molecule has 0 aliphatic heterocycles. The van der Waals surface area contributed by atoms with Crippen molar-refractivity contribution in [3.8, 4) is 5.69 Å². The van der Waals surface area contributed by atoms with E-state index in [0.717, 1.165) is 28.2 Å². The van der Waals surface area contributed by atoms with Gasteiger partial charge < -0.3 is 20.0 Å². The molecule has 178 valence electrons. The Hall–Kier alpha value is -2.13. The van der Waals surface area contributed by atoms with Crippen LogP contribution in [0.2, 0.25) is 10.0 Å². The fourth-order valence-electron chi connectivity index (χ4n) is 3.51. The van der Waals surface area contributed by atoms with Gasteiger partial charge in [0.2, 0.25) is 0 Å². The second-order valence-corrected chi connectivity index (χ2v) is 8.48. The normalized spacial score (nSPS) is 11.8. The first kappa shape index (κ1) is 29.1. The molecule has 3 aromatic rings. The van der Waals surface area contributed by atoms with Gasteiger partial charge in [-0.15, -0.1) is 0 Å². The van der Waals surface area contributed by atoms with Crippen molar-refractivity contribution in [2.24, 2.45) is 0 Å². The number of ether oxygens (including phenoxy) is 1. The fourth-order valence-corrected chi connectivity index (χ4v) is 4.07. The number of nitrogens with zero attached hydrogens (tertiary/aromatic N) is 2. The zero-order chi connectivity index (χ0) is 24.8. The molecule has 0 spiro atoms. The second-order valence-electron chi connectivity index (χ2n) is 7.67. The smallest absolute Gasteiger partial charge is 0.548 e. The number of hydrogen-bond acceptors (Lipinski definition) is 5. The summed E-state index contributed by atoms with van der Waals surface area (Å²) < 4.78 is 7.11. The number of nitrogens with one attached hydrogen (secondary N) is 1. The summed E-state index contributed by atoms with van der Waals surface area (Å²) in [6.45, 7) is 4.44. The predicted molar refractivity (Wildman–Crippen MR) is 130 cm³/mol. The maximum atomic E-state index is 12.5. The number of hydrogen-bond donors (Lipinski definition) is 1. The second kappa shape index (κ2) is 13.3. The van der Waals surface area contributed by atoms with Crippen molar-refractivity contribution < 1.29 is 49.0 Å². The molecule has 1 aromatic heterocycles. The summed E-state index contributed by atoms with van der Waals surface area (Å²) in [6.07, 6.45) is 3.45. The molecule has 35 heavy (non-hydrogen) atoms. The Labute approximate surface area is 236 Å². The SMILES string of the molecule is COCc1c(C)nn(-c2ccc(/C=C/CC(NC(=O)c3c(Cl)cccc3Cl)C(=O)[O-])cc2)c1C.[Na+]. The third-order valence-electron chi connectivity index (χ3n) is 5.33. The van der Waals surface area contributed by atoms with E-state index in [0.29, 0.717) is 6.61 Å². The summed E-state index contributed by atoms with van der Waals surface area (Å²) in [5, 5.41) is 18.8. The maximum absolute atomic E-state index is 12.5. The van der Waals surface area contributed by atoms with E-state index in [4.69, 9.17) is 27.9 Å². The molecule has 0 saturated carbocycles. The average Bonchev–Trinajstić information content (AvgIpc) is 3.07. The minimum atomic E-state index is -1.41. The number of carbonyl (C=O) groups excluding carboxylic acids is 2. The van der Waals surface area contributed by atoms with Gasteiger partial charge in [-0.05, 0) is 50.1 Å². The molecular weight excluding hydrogens is 500 g/mol. The van der Waals surface area contributed by atoms with Crippen molar-refractivity contribution in [1.82, 2.24) is 15.1 Å². The minimum absolute atomic E-state index is 0. The van der Waals surface area contributed by atoms with Crippen molar-refractivity contribution in [2.45, 2.75) is 32.9 Å². The van der Waals surface area contributed by atoms with Crippen LogP contribution in [0.5, 0.6) is 0 Å². The van der Waals surface area contributed by atoms with Crippen LogP contribution in [0.15, 0.2) is 48.5 Å². The Bertz CT molecular complexity index is 1210. The first-order valence-corrected chi connectivity index (χ1v) is 11.2. The molecule has 7 nitrogen and oxygen atoms in total. The van der Waals surface area contributed by atoms with Crippen LogP contribution >= 0.6 is 23.2 Å². The summed E-state index contributed by atoms with van der Waals surface area (Å²) in [7, 11) is 1.65. The Balaban J connectivity index is 0.00000432. The van der Waals surface area contributed by atoms with E-state index in [1.54, 1.807) is 25.3 Å². The summed E-state index contributed by atoms with van der Waals surface area (Å²) >= 11 is 12.1. The van der Waals surface area contributed by atoms with Crippen LogP contribution in [0.3, 0.4) is 0 Å². The number of carbonyl (C=O) groups is 2. The Kier molecular flexibility index (Phi) is 11.0. The molecule has 2 aromatic carbocycles. The molecule has 0 saturated heterocycles. The topological polar surface area (TPSA) is 96.3 Å². The molecule has 0 fully saturated rings. The summed E-state index contributed by atoms with van der Waals surface area (Å²) in [6, 6.07) is 11.0. The van der Waals surface area contributed by atoms with Gasteiger partial charge >= 0.3 is 29.6 Å². The Morgan fingerprint density at radius 3 is 2.34 bits per heavy atom. The van der Waals surface area contributed by atoms with Crippen LogP contribution in [0.25, 0.3) is 11.8 Å². The largest absolute Gasteiger partial charge is 1.00 e. The van der Waals surface area contributed by atoms with E-state index >= 15 is 0 Å². The molecule has 0 bridgehead atoms. The number of benzene rings is 2. The van der Waals surface area contributed by atoms with E-state index in [1.807, 2.05) is 42.8 Å². The number of halogens is 2. The zero-order valence-corrected chi connectivity index (χ0v) is 23.5. The third-order valence-corrected chi connectivity index (χ3v) is 5.96.